The van der Waals surface area contributed by atoms with Crippen molar-refractivity contribution < 1.29 is 0 Å². The summed E-state index contributed by atoms with van der Waals surface area (Å²) in [6.45, 7) is 3.90. The van der Waals surface area contributed by atoms with E-state index in [4.69, 9.17) is 0 Å². The summed E-state index contributed by atoms with van der Waals surface area (Å²) in [4.78, 5) is 0. The van der Waals surface area contributed by atoms with Crippen molar-refractivity contribution in [2.75, 3.05) is 0 Å². The van der Waals surface area contributed by atoms with Crippen molar-refractivity contribution in [2.45, 2.75) is 32.1 Å². The van der Waals surface area contributed by atoms with Crippen LogP contribution in [-0.2, 0) is 0 Å². The lowest BCUT2D eigenvalue weighted by atomic mass is 9.75. The van der Waals surface area contributed by atoms with Gasteiger partial charge < -0.3 is 0 Å². The van der Waals surface area contributed by atoms with Gasteiger partial charge in [-0.05, 0) is 48.9 Å². The third kappa shape index (κ3) is 0.868. The van der Waals surface area contributed by atoms with Gasteiger partial charge in [0, 0.05) is 0 Å². The molecule has 0 aromatic rings. The molecule has 1 spiro atoms. The fourth-order valence-corrected chi connectivity index (χ4v) is 4.24. The molecule has 3 aliphatic carbocycles. The number of hydrogen-bond acceptors (Lipinski definition) is 0. The van der Waals surface area contributed by atoms with E-state index in [9.17, 15) is 0 Å². The molecule has 0 aromatic carbocycles. The van der Waals surface area contributed by atoms with Gasteiger partial charge >= 0.3 is 0 Å². The van der Waals surface area contributed by atoms with Crippen LogP contribution in [0.3, 0.4) is 0 Å². The lowest BCUT2D eigenvalue weighted by Gasteiger charge is -2.29. The molecule has 0 N–H and O–H groups in total. The van der Waals surface area contributed by atoms with E-state index < -0.39 is 0 Å². The third-order valence-electron chi connectivity index (χ3n) is 4.69. The minimum absolute atomic E-state index is 0.665. The van der Waals surface area contributed by atoms with E-state index in [-0.39, 0.29) is 0 Å². The SMILES string of the molecule is C=CC[C@@H]1[C@H]2CCC[C@]23C=C[C@H]1C3. The topological polar surface area (TPSA) is 0 Å². The van der Waals surface area contributed by atoms with Gasteiger partial charge in [-0.15, -0.1) is 6.58 Å². The van der Waals surface area contributed by atoms with Crippen LogP contribution in [0.4, 0.5) is 0 Å². The summed E-state index contributed by atoms with van der Waals surface area (Å²) in [5.74, 6) is 2.87. The number of hydrogen-bond donors (Lipinski definition) is 0. The molecule has 2 fully saturated rings. The third-order valence-corrected chi connectivity index (χ3v) is 4.69. The molecule has 4 atom stereocenters. The van der Waals surface area contributed by atoms with Crippen LogP contribution < -0.4 is 0 Å². The molecule has 0 amide bonds. The quantitative estimate of drug-likeness (QED) is 0.561. The number of rotatable bonds is 2. The number of allylic oxidation sites excluding steroid dienone is 3. The van der Waals surface area contributed by atoms with Gasteiger partial charge in [-0.2, -0.15) is 0 Å². The lowest BCUT2D eigenvalue weighted by molar-refractivity contribution is 0.264. The fourth-order valence-electron chi connectivity index (χ4n) is 4.24. The maximum absolute atomic E-state index is 3.90. The molecule has 0 radical (unpaired) electrons. The number of fused-ring (bicyclic) bond motifs is 1. The van der Waals surface area contributed by atoms with E-state index in [1.807, 2.05) is 0 Å². The molecule has 13 heavy (non-hydrogen) atoms. The molecule has 0 heterocycles. The highest BCUT2D eigenvalue weighted by atomic mass is 14.6. The van der Waals surface area contributed by atoms with Crippen molar-refractivity contribution in [1.29, 1.82) is 0 Å². The molecule has 2 saturated carbocycles. The van der Waals surface area contributed by atoms with Crippen molar-refractivity contribution in [3.8, 4) is 0 Å². The van der Waals surface area contributed by atoms with Crippen molar-refractivity contribution >= 4 is 0 Å². The molecular formula is C13H18. The zero-order valence-electron chi connectivity index (χ0n) is 8.21. The van der Waals surface area contributed by atoms with Crippen LogP contribution in [0.1, 0.15) is 32.1 Å². The van der Waals surface area contributed by atoms with Crippen molar-refractivity contribution in [1.82, 2.24) is 0 Å². The van der Waals surface area contributed by atoms with E-state index in [1.165, 1.54) is 32.1 Å². The second kappa shape index (κ2) is 2.50. The van der Waals surface area contributed by atoms with Gasteiger partial charge in [-0.1, -0.05) is 24.6 Å². The van der Waals surface area contributed by atoms with Crippen LogP contribution in [-0.4, -0.2) is 0 Å². The van der Waals surface area contributed by atoms with Crippen LogP contribution in [0.2, 0.25) is 0 Å². The average Bonchev–Trinajstić information content (AvgIpc) is 2.75. The summed E-state index contributed by atoms with van der Waals surface area (Å²) in [5.41, 5.74) is 0.665. The molecule has 0 aliphatic heterocycles. The van der Waals surface area contributed by atoms with Crippen LogP contribution in [0, 0.1) is 23.2 Å². The predicted molar refractivity (Wildman–Crippen MR) is 55.3 cm³/mol. The van der Waals surface area contributed by atoms with E-state index in [0.717, 1.165) is 17.8 Å². The average molecular weight is 174 g/mol. The molecule has 0 saturated heterocycles. The van der Waals surface area contributed by atoms with Crippen molar-refractivity contribution in [3.63, 3.8) is 0 Å². The Morgan fingerprint density at radius 3 is 3.31 bits per heavy atom. The molecule has 0 aromatic heterocycles. The maximum atomic E-state index is 3.90. The van der Waals surface area contributed by atoms with Crippen LogP contribution in [0.15, 0.2) is 24.8 Å². The Morgan fingerprint density at radius 2 is 2.46 bits per heavy atom. The zero-order valence-corrected chi connectivity index (χ0v) is 8.21. The van der Waals surface area contributed by atoms with Crippen molar-refractivity contribution in [2.24, 2.45) is 23.2 Å². The Kier molecular flexibility index (Phi) is 1.51. The standard InChI is InChI=1S/C13H18/c1-2-4-11-10-6-8-13(9-10)7-3-5-12(11)13/h2,6,8,10-12H,1,3-5,7,9H2/t10-,11-,12+,13+/m0/s1. The van der Waals surface area contributed by atoms with Crippen LogP contribution in [0.25, 0.3) is 0 Å². The van der Waals surface area contributed by atoms with Gasteiger partial charge in [0.05, 0.1) is 0 Å². The highest BCUT2D eigenvalue weighted by molar-refractivity contribution is 5.23. The monoisotopic (exact) mass is 174 g/mol. The van der Waals surface area contributed by atoms with Gasteiger partial charge in [-0.25, -0.2) is 0 Å². The van der Waals surface area contributed by atoms with E-state index in [1.54, 1.807) is 0 Å². The first kappa shape index (κ1) is 7.84. The summed E-state index contributed by atoms with van der Waals surface area (Å²) in [5, 5.41) is 0. The molecule has 2 bridgehead atoms. The molecule has 0 heteroatoms. The van der Waals surface area contributed by atoms with Gasteiger partial charge in [-0.3, -0.25) is 0 Å². The molecule has 70 valence electrons. The first-order valence-corrected chi connectivity index (χ1v) is 5.66. The largest absolute Gasteiger partial charge is 0.103 e. The first-order chi connectivity index (χ1) is 6.36. The Balaban J connectivity index is 1.93. The summed E-state index contributed by atoms with van der Waals surface area (Å²) in [6, 6.07) is 0. The zero-order chi connectivity index (χ0) is 8.89. The first-order valence-electron chi connectivity index (χ1n) is 5.66. The van der Waals surface area contributed by atoms with Crippen molar-refractivity contribution in [3.05, 3.63) is 24.8 Å². The van der Waals surface area contributed by atoms with E-state index >= 15 is 0 Å². The van der Waals surface area contributed by atoms with Gasteiger partial charge in [0.25, 0.3) is 0 Å². The predicted octanol–water partition coefficient (Wildman–Crippen LogP) is 3.55. The second-order valence-electron chi connectivity index (χ2n) is 5.15. The Labute approximate surface area is 80.7 Å². The molecule has 3 rings (SSSR count). The molecule has 0 nitrogen and oxygen atoms in total. The molecule has 3 aliphatic rings. The van der Waals surface area contributed by atoms with Crippen LogP contribution >= 0.6 is 0 Å². The van der Waals surface area contributed by atoms with E-state index in [2.05, 4.69) is 24.8 Å². The molecular weight excluding hydrogens is 156 g/mol. The Morgan fingerprint density at radius 1 is 1.54 bits per heavy atom. The summed E-state index contributed by atoms with van der Waals surface area (Å²) < 4.78 is 0. The Bertz CT molecular complexity index is 263. The van der Waals surface area contributed by atoms with Gasteiger partial charge in [0.15, 0.2) is 0 Å². The highest BCUT2D eigenvalue weighted by Gasteiger charge is 2.55. The smallest absolute Gasteiger partial charge is 0.00812 e. The lowest BCUT2D eigenvalue weighted by Crippen LogP contribution is -2.22. The second-order valence-corrected chi connectivity index (χ2v) is 5.15. The minimum atomic E-state index is 0.665. The van der Waals surface area contributed by atoms with E-state index in [0.29, 0.717) is 5.41 Å². The van der Waals surface area contributed by atoms with Crippen LogP contribution in [0.5, 0.6) is 0 Å². The summed E-state index contributed by atoms with van der Waals surface area (Å²) in [7, 11) is 0. The Hall–Kier alpha value is -0.520. The van der Waals surface area contributed by atoms with Gasteiger partial charge in [0.1, 0.15) is 0 Å². The summed E-state index contributed by atoms with van der Waals surface area (Å²) >= 11 is 0. The highest BCUT2D eigenvalue weighted by Crippen LogP contribution is 2.64. The maximum Gasteiger partial charge on any atom is -0.00812 e. The minimum Gasteiger partial charge on any atom is -0.103 e. The van der Waals surface area contributed by atoms with Gasteiger partial charge in [0.2, 0.25) is 0 Å². The normalized spacial score (nSPS) is 51.2. The molecule has 0 unspecified atom stereocenters. The summed E-state index contributed by atoms with van der Waals surface area (Å²) in [6.07, 6.45) is 14.3. The fraction of sp³-hybridized carbons (Fsp3) is 0.692.